The highest BCUT2D eigenvalue weighted by atomic mass is 35.5. The first-order valence-electron chi connectivity index (χ1n) is 9.64. The lowest BCUT2D eigenvalue weighted by Gasteiger charge is -2.28. The lowest BCUT2D eigenvalue weighted by Crippen LogP contribution is -2.44. The summed E-state index contributed by atoms with van der Waals surface area (Å²) in [6.07, 6.45) is 6.64. The lowest BCUT2D eigenvalue weighted by molar-refractivity contribution is -0.129. The van der Waals surface area contributed by atoms with Crippen molar-refractivity contribution in [2.75, 3.05) is 26.2 Å². The number of nitrogens with two attached hydrogens (primary N) is 1. The summed E-state index contributed by atoms with van der Waals surface area (Å²) >= 11 is 0. The Morgan fingerprint density at radius 3 is 2.54 bits per heavy atom. The maximum atomic E-state index is 12.5. The minimum absolute atomic E-state index is 0. The van der Waals surface area contributed by atoms with Crippen LogP contribution in [0.2, 0.25) is 0 Å². The SMILES string of the molecule is CCN1CCCC1CN1CC(C(=O)NC2CCC(N)CC2)CC1=O.Cl.Cl. The lowest BCUT2D eigenvalue weighted by atomic mass is 9.91. The smallest absolute Gasteiger partial charge is 0.225 e. The van der Waals surface area contributed by atoms with Crippen LogP contribution in [0.1, 0.15) is 51.9 Å². The molecule has 3 aliphatic rings. The number of nitrogens with zero attached hydrogens (tertiary/aromatic N) is 2. The van der Waals surface area contributed by atoms with Crippen molar-refractivity contribution < 1.29 is 9.59 Å². The second kappa shape index (κ2) is 10.7. The predicted octanol–water partition coefficient (Wildman–Crippen LogP) is 1.55. The number of likely N-dealkylation sites (tertiary alicyclic amines) is 2. The maximum absolute atomic E-state index is 12.5. The molecule has 2 heterocycles. The van der Waals surface area contributed by atoms with E-state index in [1.807, 2.05) is 4.90 Å². The van der Waals surface area contributed by atoms with Gasteiger partial charge in [-0.25, -0.2) is 0 Å². The normalized spacial score (nSPS) is 32.1. The molecule has 2 atom stereocenters. The van der Waals surface area contributed by atoms with E-state index in [2.05, 4.69) is 17.1 Å². The zero-order chi connectivity index (χ0) is 17.1. The van der Waals surface area contributed by atoms with Crippen LogP contribution >= 0.6 is 24.8 Å². The Morgan fingerprint density at radius 1 is 1.19 bits per heavy atom. The molecule has 0 spiro atoms. The van der Waals surface area contributed by atoms with Gasteiger partial charge in [0, 0.05) is 37.6 Å². The van der Waals surface area contributed by atoms with Crippen molar-refractivity contribution in [3.8, 4) is 0 Å². The Hall–Kier alpha value is -0.560. The summed E-state index contributed by atoms with van der Waals surface area (Å²) in [4.78, 5) is 29.2. The van der Waals surface area contributed by atoms with Gasteiger partial charge >= 0.3 is 0 Å². The summed E-state index contributed by atoms with van der Waals surface area (Å²) in [6.45, 7) is 5.73. The molecule has 2 aliphatic heterocycles. The molecule has 152 valence electrons. The monoisotopic (exact) mass is 408 g/mol. The molecule has 8 heteroatoms. The summed E-state index contributed by atoms with van der Waals surface area (Å²) in [5.41, 5.74) is 5.92. The number of nitrogens with one attached hydrogen (secondary N) is 1. The Labute approximate surface area is 169 Å². The number of hydrogen-bond acceptors (Lipinski definition) is 4. The zero-order valence-electron chi connectivity index (χ0n) is 15.7. The molecular formula is C18H34Cl2N4O2. The molecular weight excluding hydrogens is 375 g/mol. The third-order valence-corrected chi connectivity index (χ3v) is 6.04. The van der Waals surface area contributed by atoms with E-state index in [-0.39, 0.29) is 54.6 Å². The van der Waals surface area contributed by atoms with Crippen molar-refractivity contribution in [2.45, 2.75) is 70.0 Å². The number of likely N-dealkylation sites (N-methyl/N-ethyl adjacent to an activating group) is 1. The van der Waals surface area contributed by atoms with E-state index < -0.39 is 0 Å². The van der Waals surface area contributed by atoms with Crippen LogP contribution in [-0.4, -0.2) is 65.9 Å². The molecule has 0 aromatic carbocycles. The fourth-order valence-corrected chi connectivity index (χ4v) is 4.48. The van der Waals surface area contributed by atoms with Crippen molar-refractivity contribution in [1.29, 1.82) is 0 Å². The van der Waals surface area contributed by atoms with Crippen molar-refractivity contribution in [1.82, 2.24) is 15.1 Å². The summed E-state index contributed by atoms with van der Waals surface area (Å²) < 4.78 is 0. The molecule has 1 saturated carbocycles. The molecule has 3 rings (SSSR count). The van der Waals surface area contributed by atoms with E-state index in [9.17, 15) is 9.59 Å². The molecule has 2 saturated heterocycles. The summed E-state index contributed by atoms with van der Waals surface area (Å²) in [6, 6.07) is 1.00. The largest absolute Gasteiger partial charge is 0.353 e. The van der Waals surface area contributed by atoms with Gasteiger partial charge in [0.1, 0.15) is 0 Å². The average Bonchev–Trinajstić information content (AvgIpc) is 3.17. The molecule has 1 aliphatic carbocycles. The van der Waals surface area contributed by atoms with Gasteiger partial charge in [0.25, 0.3) is 0 Å². The molecule has 2 amide bonds. The van der Waals surface area contributed by atoms with Crippen LogP contribution < -0.4 is 11.1 Å². The standard InChI is InChI=1S/C18H32N4O2.2ClH/c1-2-21-9-3-4-16(21)12-22-11-13(10-17(22)23)18(24)20-15-7-5-14(19)6-8-15;;/h13-16H,2-12,19H2,1H3,(H,20,24);2*1H. The molecule has 0 radical (unpaired) electrons. The maximum Gasteiger partial charge on any atom is 0.225 e. The fraction of sp³-hybridized carbons (Fsp3) is 0.889. The minimum atomic E-state index is -0.176. The topological polar surface area (TPSA) is 78.7 Å². The van der Waals surface area contributed by atoms with E-state index in [0.717, 1.165) is 51.7 Å². The van der Waals surface area contributed by atoms with Gasteiger partial charge < -0.3 is 16.0 Å². The number of carbonyl (C=O) groups excluding carboxylic acids is 2. The molecule has 26 heavy (non-hydrogen) atoms. The van der Waals surface area contributed by atoms with E-state index in [1.54, 1.807) is 0 Å². The van der Waals surface area contributed by atoms with Crippen LogP contribution in [0.25, 0.3) is 0 Å². The minimum Gasteiger partial charge on any atom is -0.353 e. The van der Waals surface area contributed by atoms with Crippen LogP contribution in [0, 0.1) is 5.92 Å². The highest BCUT2D eigenvalue weighted by Crippen LogP contribution is 2.24. The molecule has 3 N–H and O–H groups in total. The zero-order valence-corrected chi connectivity index (χ0v) is 17.3. The molecule has 0 aromatic rings. The predicted molar refractivity (Wildman–Crippen MR) is 108 cm³/mol. The van der Waals surface area contributed by atoms with Gasteiger partial charge in [0.05, 0.1) is 5.92 Å². The van der Waals surface area contributed by atoms with E-state index >= 15 is 0 Å². The van der Waals surface area contributed by atoms with Crippen LogP contribution in [-0.2, 0) is 9.59 Å². The number of amides is 2. The highest BCUT2D eigenvalue weighted by molar-refractivity contribution is 5.89. The molecule has 0 aromatic heterocycles. The highest BCUT2D eigenvalue weighted by Gasteiger charge is 2.37. The van der Waals surface area contributed by atoms with Gasteiger partial charge in [-0.15, -0.1) is 24.8 Å². The first kappa shape index (κ1) is 23.5. The van der Waals surface area contributed by atoms with Crippen LogP contribution in [0.15, 0.2) is 0 Å². The Kier molecular flexibility index (Phi) is 9.65. The van der Waals surface area contributed by atoms with Crippen molar-refractivity contribution in [2.24, 2.45) is 11.7 Å². The van der Waals surface area contributed by atoms with Crippen molar-refractivity contribution in [3.05, 3.63) is 0 Å². The van der Waals surface area contributed by atoms with Gasteiger partial charge in [-0.3, -0.25) is 14.5 Å². The third-order valence-electron chi connectivity index (χ3n) is 6.04. The summed E-state index contributed by atoms with van der Waals surface area (Å²) in [7, 11) is 0. The van der Waals surface area contributed by atoms with E-state index in [0.29, 0.717) is 19.0 Å². The van der Waals surface area contributed by atoms with Gasteiger partial charge in [-0.05, 0) is 51.6 Å². The quantitative estimate of drug-likeness (QED) is 0.722. The van der Waals surface area contributed by atoms with E-state index in [4.69, 9.17) is 5.73 Å². The molecule has 0 bridgehead atoms. The third kappa shape index (κ3) is 5.72. The van der Waals surface area contributed by atoms with Crippen LogP contribution in [0.5, 0.6) is 0 Å². The van der Waals surface area contributed by atoms with Crippen LogP contribution in [0.3, 0.4) is 0 Å². The van der Waals surface area contributed by atoms with Gasteiger partial charge in [-0.1, -0.05) is 6.92 Å². The number of hydrogen-bond donors (Lipinski definition) is 2. The number of rotatable bonds is 5. The average molecular weight is 409 g/mol. The van der Waals surface area contributed by atoms with Crippen molar-refractivity contribution in [3.63, 3.8) is 0 Å². The Morgan fingerprint density at radius 2 is 1.88 bits per heavy atom. The number of halogens is 2. The van der Waals surface area contributed by atoms with Gasteiger partial charge in [-0.2, -0.15) is 0 Å². The van der Waals surface area contributed by atoms with Crippen LogP contribution in [0.4, 0.5) is 0 Å². The first-order valence-corrected chi connectivity index (χ1v) is 9.64. The van der Waals surface area contributed by atoms with Crippen molar-refractivity contribution >= 4 is 36.6 Å². The fourth-order valence-electron chi connectivity index (χ4n) is 4.48. The first-order chi connectivity index (χ1) is 11.6. The molecule has 3 fully saturated rings. The Bertz CT molecular complexity index is 472. The second-order valence-electron chi connectivity index (χ2n) is 7.74. The number of carbonyl (C=O) groups is 2. The molecule has 2 unspecified atom stereocenters. The van der Waals surface area contributed by atoms with E-state index in [1.165, 1.54) is 6.42 Å². The van der Waals surface area contributed by atoms with Gasteiger partial charge in [0.2, 0.25) is 11.8 Å². The summed E-state index contributed by atoms with van der Waals surface area (Å²) in [5, 5.41) is 3.15. The van der Waals surface area contributed by atoms with Gasteiger partial charge in [0.15, 0.2) is 0 Å². The summed E-state index contributed by atoms with van der Waals surface area (Å²) in [5.74, 6) is 0.0263. The Balaban J connectivity index is 0.00000169. The molecule has 6 nitrogen and oxygen atoms in total. The second-order valence-corrected chi connectivity index (χ2v) is 7.74.